The summed E-state index contributed by atoms with van der Waals surface area (Å²) in [5.74, 6) is 2.40. The summed E-state index contributed by atoms with van der Waals surface area (Å²) in [7, 11) is 0. The van der Waals surface area contributed by atoms with E-state index in [0.717, 1.165) is 23.9 Å². The number of aromatic nitrogens is 3. The lowest BCUT2D eigenvalue weighted by Crippen LogP contribution is -2.52. The Kier molecular flexibility index (Phi) is 6.28. The summed E-state index contributed by atoms with van der Waals surface area (Å²) in [5, 5.41) is 15.5. The van der Waals surface area contributed by atoms with E-state index in [1.54, 1.807) is 24.1 Å². The van der Waals surface area contributed by atoms with Crippen molar-refractivity contribution < 1.29 is 14.3 Å². The number of carbonyl (C=O) groups excluding carboxylic acids is 1. The number of carbonyl (C=O) groups is 1. The molecule has 0 saturated carbocycles. The van der Waals surface area contributed by atoms with Crippen LogP contribution in [0, 0.1) is 0 Å². The topological polar surface area (TPSA) is 94.5 Å². The predicted octanol–water partition coefficient (Wildman–Crippen LogP) is 4.14. The number of nitrogens with zero attached hydrogens (tertiary/aromatic N) is 5. The first-order chi connectivity index (χ1) is 17.1. The first kappa shape index (κ1) is 24.4. The molecule has 8 nitrogen and oxygen atoms in total. The molecule has 1 amide bonds. The molecule has 2 aromatic heterocycles. The van der Waals surface area contributed by atoms with E-state index in [1.165, 1.54) is 18.1 Å². The summed E-state index contributed by atoms with van der Waals surface area (Å²) >= 11 is 0. The number of aliphatic hydroxyl groups excluding tert-OH is 1. The summed E-state index contributed by atoms with van der Waals surface area (Å²) in [5.41, 5.74) is 0.744. The summed E-state index contributed by atoms with van der Waals surface area (Å²) in [4.78, 5) is 28.9. The minimum absolute atomic E-state index is 0.0363. The number of aliphatic hydroxyl groups is 1. The number of piperidine rings is 1. The van der Waals surface area contributed by atoms with E-state index in [2.05, 4.69) is 46.2 Å². The van der Waals surface area contributed by atoms with E-state index in [4.69, 9.17) is 0 Å². The molecule has 9 heteroatoms. The highest BCUT2D eigenvalue weighted by Gasteiger charge is 2.39. The number of rotatable bonds is 5. The second-order valence-corrected chi connectivity index (χ2v) is 10.5. The molecule has 190 valence electrons. The highest BCUT2D eigenvalue weighted by atomic mass is 19.1. The predicted molar refractivity (Wildman–Crippen MR) is 138 cm³/mol. The van der Waals surface area contributed by atoms with Gasteiger partial charge in [0, 0.05) is 50.3 Å². The van der Waals surface area contributed by atoms with Gasteiger partial charge in [0.2, 0.25) is 11.9 Å². The Labute approximate surface area is 210 Å². The van der Waals surface area contributed by atoms with Gasteiger partial charge in [-0.15, -0.1) is 0 Å². The minimum atomic E-state index is -1.71. The Morgan fingerprint density at radius 1 is 1.19 bits per heavy atom. The van der Waals surface area contributed by atoms with Gasteiger partial charge in [0.1, 0.15) is 11.6 Å². The highest BCUT2D eigenvalue weighted by Crippen LogP contribution is 2.36. The molecular weight excluding hydrogens is 459 g/mol. The molecule has 0 radical (unpaired) electrons. The second-order valence-electron chi connectivity index (χ2n) is 10.5. The number of amides is 1. The Hall–Kier alpha value is -3.33. The third-order valence-electron chi connectivity index (χ3n) is 7.41. The summed E-state index contributed by atoms with van der Waals surface area (Å²) < 4.78 is 14.7. The van der Waals surface area contributed by atoms with Gasteiger partial charge in [0.25, 0.3) is 0 Å². The molecule has 3 aromatic rings. The second kappa shape index (κ2) is 9.28. The maximum absolute atomic E-state index is 14.7. The van der Waals surface area contributed by atoms with Gasteiger partial charge >= 0.3 is 0 Å². The Bertz CT molecular complexity index is 1290. The number of likely N-dealkylation sites (tertiary alicyclic amines) is 1. The number of hydrogen-bond acceptors (Lipinski definition) is 7. The quantitative estimate of drug-likeness (QED) is 0.553. The van der Waals surface area contributed by atoms with Crippen LogP contribution in [0.4, 0.5) is 22.0 Å². The molecule has 0 spiro atoms. The van der Waals surface area contributed by atoms with E-state index in [9.17, 15) is 14.3 Å². The van der Waals surface area contributed by atoms with Crippen molar-refractivity contribution in [3.8, 4) is 0 Å². The van der Waals surface area contributed by atoms with Crippen LogP contribution in [0.2, 0.25) is 0 Å². The van der Waals surface area contributed by atoms with Crippen molar-refractivity contribution in [3.63, 3.8) is 0 Å². The minimum Gasteiger partial charge on any atom is -0.390 e. The van der Waals surface area contributed by atoms with Crippen LogP contribution in [0.25, 0.3) is 10.8 Å². The lowest BCUT2D eigenvalue weighted by Gasteiger charge is -2.39. The van der Waals surface area contributed by atoms with Crippen molar-refractivity contribution in [1.82, 2.24) is 19.9 Å². The van der Waals surface area contributed by atoms with Gasteiger partial charge in [-0.05, 0) is 47.9 Å². The SMILES string of the molecule is CC(=O)N1CC(c2ccc(C(C)C)c3cc(Nc4ccnc(N5CC[C@@H](O)[C@@](C)(F)C5)n4)ncc23)C1. The monoisotopic (exact) mass is 492 g/mol. The third kappa shape index (κ3) is 4.59. The number of halogens is 1. The van der Waals surface area contributed by atoms with Gasteiger partial charge in [-0.25, -0.2) is 14.4 Å². The maximum atomic E-state index is 14.7. The van der Waals surface area contributed by atoms with E-state index in [1.807, 2.05) is 17.2 Å². The Morgan fingerprint density at radius 2 is 1.97 bits per heavy atom. The first-order valence-electron chi connectivity index (χ1n) is 12.5. The average Bonchev–Trinajstić information content (AvgIpc) is 2.79. The van der Waals surface area contributed by atoms with E-state index in [0.29, 0.717) is 42.4 Å². The van der Waals surface area contributed by atoms with Crippen molar-refractivity contribution in [1.29, 1.82) is 0 Å². The van der Waals surface area contributed by atoms with Gasteiger partial charge in [0.15, 0.2) is 5.67 Å². The van der Waals surface area contributed by atoms with Crippen LogP contribution in [0.1, 0.15) is 57.1 Å². The zero-order valence-corrected chi connectivity index (χ0v) is 21.2. The molecule has 2 N–H and O–H groups in total. The molecule has 36 heavy (non-hydrogen) atoms. The zero-order valence-electron chi connectivity index (χ0n) is 21.2. The van der Waals surface area contributed by atoms with Crippen LogP contribution < -0.4 is 10.2 Å². The largest absolute Gasteiger partial charge is 0.390 e. The van der Waals surface area contributed by atoms with Crippen molar-refractivity contribution in [2.24, 2.45) is 0 Å². The first-order valence-corrected chi connectivity index (χ1v) is 12.5. The molecular formula is C27H33FN6O2. The lowest BCUT2D eigenvalue weighted by molar-refractivity contribution is -0.133. The van der Waals surface area contributed by atoms with Crippen molar-refractivity contribution >= 4 is 34.3 Å². The molecule has 0 bridgehead atoms. The van der Waals surface area contributed by atoms with Gasteiger partial charge < -0.3 is 20.2 Å². The number of alkyl halides is 1. The van der Waals surface area contributed by atoms with E-state index >= 15 is 0 Å². The third-order valence-corrected chi connectivity index (χ3v) is 7.41. The van der Waals surface area contributed by atoms with Gasteiger partial charge in [-0.3, -0.25) is 4.79 Å². The summed E-state index contributed by atoms with van der Waals surface area (Å²) in [6, 6.07) is 8.17. The molecule has 0 aliphatic carbocycles. The van der Waals surface area contributed by atoms with Gasteiger partial charge in [-0.1, -0.05) is 26.0 Å². The molecule has 2 saturated heterocycles. The maximum Gasteiger partial charge on any atom is 0.227 e. The van der Waals surface area contributed by atoms with Crippen LogP contribution in [0.3, 0.4) is 0 Å². The Balaban J connectivity index is 1.42. The fourth-order valence-corrected chi connectivity index (χ4v) is 5.15. The zero-order chi connectivity index (χ0) is 25.6. The van der Waals surface area contributed by atoms with Gasteiger partial charge in [-0.2, -0.15) is 4.98 Å². The van der Waals surface area contributed by atoms with Crippen molar-refractivity contribution in [2.75, 3.05) is 36.4 Å². The normalized spacial score (nSPS) is 22.7. The van der Waals surface area contributed by atoms with E-state index in [-0.39, 0.29) is 12.5 Å². The Morgan fingerprint density at radius 3 is 2.67 bits per heavy atom. The molecule has 2 fully saturated rings. The van der Waals surface area contributed by atoms with Crippen LogP contribution in [-0.2, 0) is 4.79 Å². The van der Waals surface area contributed by atoms with Crippen LogP contribution in [-0.4, -0.2) is 68.8 Å². The molecule has 5 rings (SSSR count). The number of nitrogens with one attached hydrogen (secondary N) is 1. The summed E-state index contributed by atoms with van der Waals surface area (Å²) in [6.07, 6.45) is 2.88. The average molecular weight is 493 g/mol. The molecule has 4 heterocycles. The number of pyridine rings is 1. The van der Waals surface area contributed by atoms with Crippen molar-refractivity contribution in [3.05, 3.63) is 47.8 Å². The molecule has 2 aliphatic heterocycles. The smallest absolute Gasteiger partial charge is 0.227 e. The number of anilines is 3. The standard InChI is InChI=1S/C27H33FN6O2/c1-16(2)19-5-6-20(18-13-34(14-18)17(3)35)22-12-30-25(11-21(19)22)31-24-7-9-29-26(32-24)33-10-8-23(36)27(4,28)15-33/h5-7,9,11-12,16,18,23,36H,8,10,13-15H2,1-4H3,(H,29,30,31,32)/t23-,27+/m1/s1. The number of hydrogen-bond donors (Lipinski definition) is 2. The fraction of sp³-hybridized carbons (Fsp3) is 0.481. The molecule has 0 unspecified atom stereocenters. The fourth-order valence-electron chi connectivity index (χ4n) is 5.15. The highest BCUT2D eigenvalue weighted by molar-refractivity contribution is 5.91. The van der Waals surface area contributed by atoms with Crippen LogP contribution in [0.5, 0.6) is 0 Å². The van der Waals surface area contributed by atoms with Crippen molar-refractivity contribution in [2.45, 2.75) is 57.7 Å². The molecule has 2 atom stereocenters. The molecule has 1 aromatic carbocycles. The molecule has 2 aliphatic rings. The number of fused-ring (bicyclic) bond motifs is 1. The van der Waals surface area contributed by atoms with Gasteiger partial charge in [0.05, 0.1) is 12.6 Å². The lowest BCUT2D eigenvalue weighted by atomic mass is 9.85. The summed E-state index contributed by atoms with van der Waals surface area (Å²) in [6.45, 7) is 9.37. The van der Waals surface area contributed by atoms with E-state index < -0.39 is 11.8 Å². The number of benzene rings is 1. The van der Waals surface area contributed by atoms with Crippen LogP contribution in [0.15, 0.2) is 36.7 Å². The van der Waals surface area contributed by atoms with Crippen LogP contribution >= 0.6 is 0 Å².